The predicted octanol–water partition coefficient (Wildman–Crippen LogP) is 8.58. The minimum atomic E-state index is -3.72. The molecule has 0 aliphatic carbocycles. The van der Waals surface area contributed by atoms with Gasteiger partial charge in [-0.25, -0.2) is 65.9 Å². The number of hydrogen-bond acceptors (Lipinski definition) is 0. The van der Waals surface area contributed by atoms with Crippen molar-refractivity contribution in [2.75, 3.05) is 0 Å². The van der Waals surface area contributed by atoms with Crippen molar-refractivity contribution in [1.29, 1.82) is 0 Å². The highest BCUT2D eigenvalue weighted by molar-refractivity contribution is 7.01. The second kappa shape index (κ2) is 12.8. The van der Waals surface area contributed by atoms with E-state index in [1.807, 2.05) is 0 Å². The Morgan fingerprint density at radius 3 is 0.854 bits per heavy atom. The minimum absolute atomic E-state index is 0.430. The number of halogens is 15. The Labute approximate surface area is 259 Å². The maximum atomic E-state index is 15.7. The lowest BCUT2D eigenvalue weighted by Crippen LogP contribution is -2.52. The molecule has 0 saturated heterocycles. The summed E-state index contributed by atoms with van der Waals surface area (Å²) in [5.74, 6) is -43.4. The normalized spacial score (nSPS) is 11.2. The van der Waals surface area contributed by atoms with Gasteiger partial charge in [0, 0.05) is 16.5 Å². The summed E-state index contributed by atoms with van der Waals surface area (Å²) in [6, 6.07) is 11.3. The summed E-state index contributed by atoms with van der Waals surface area (Å²) in [6.07, 6.45) is 0. The van der Waals surface area contributed by atoms with Crippen LogP contribution in [0.3, 0.4) is 0 Å². The molecule has 0 bridgehead atoms. The molecular weight excluding hydrogens is 680 g/mol. The summed E-state index contributed by atoms with van der Waals surface area (Å²) >= 11 is 0. The van der Waals surface area contributed by atoms with Crippen LogP contribution in [-0.4, -0.2) is 6.71 Å². The fourth-order valence-corrected chi connectivity index (χ4v) is 5.13. The minimum Gasteiger partial charge on any atom is -0.204 e. The maximum Gasteiger partial charge on any atom is 0.259 e. The summed E-state index contributed by atoms with van der Waals surface area (Å²) in [6.45, 7) is -3.72. The lowest BCUT2D eigenvalue weighted by Gasteiger charge is -2.27. The molecule has 0 atom stereocenters. The largest absolute Gasteiger partial charge is 0.259 e. The van der Waals surface area contributed by atoms with Gasteiger partial charge >= 0.3 is 0 Å². The summed E-state index contributed by atoms with van der Waals surface area (Å²) in [5.41, 5.74) is -10.9. The molecule has 5 rings (SSSR count). The van der Waals surface area contributed by atoms with Crippen LogP contribution in [0.1, 0.15) is 16.7 Å². The van der Waals surface area contributed by atoms with E-state index in [0.29, 0.717) is 0 Å². The van der Waals surface area contributed by atoms with E-state index in [0.717, 1.165) is 24.3 Å². The van der Waals surface area contributed by atoms with Gasteiger partial charge < -0.3 is 0 Å². The molecular formula is C32H10BF15. The first-order chi connectivity index (χ1) is 22.6. The summed E-state index contributed by atoms with van der Waals surface area (Å²) in [7, 11) is 0. The molecule has 0 aliphatic heterocycles. The smallest absolute Gasteiger partial charge is 0.204 e. The lowest BCUT2D eigenvalue weighted by atomic mass is 9.33. The second-order valence-electron chi connectivity index (χ2n) is 9.87. The number of rotatable bonds is 6. The van der Waals surface area contributed by atoms with E-state index in [9.17, 15) is 39.5 Å². The van der Waals surface area contributed by atoms with Crippen LogP contribution in [0.15, 0.2) is 60.7 Å². The molecule has 0 aliphatic rings. The van der Waals surface area contributed by atoms with E-state index in [1.54, 1.807) is 0 Å². The fraction of sp³-hybridized carbons (Fsp3) is 0. The van der Waals surface area contributed by atoms with Crippen molar-refractivity contribution in [3.8, 4) is 0 Å². The standard InChI is InChI=1S/C32H10BF15/c34-18-14(19(35)25(41)30(46)24(18)40)15(13(11-7-3-1-4-8-11)12-9-5-2-6-10-12)33(16-20(36)26(42)31(47)27(43)21(16)37)17-22(38)28(44)32(48)29(45)23(17)39/h1-10H. The van der Waals surface area contributed by atoms with Gasteiger partial charge in [0.25, 0.3) is 6.71 Å². The lowest BCUT2D eigenvalue weighted by molar-refractivity contribution is 0.376. The third-order valence-electron chi connectivity index (χ3n) is 7.23. The zero-order valence-corrected chi connectivity index (χ0v) is 23.0. The molecule has 0 heterocycles. The maximum absolute atomic E-state index is 15.7. The van der Waals surface area contributed by atoms with Crippen molar-refractivity contribution in [1.82, 2.24) is 0 Å². The van der Waals surface area contributed by atoms with Crippen molar-refractivity contribution in [2.45, 2.75) is 0 Å². The SMILES string of the molecule is Fc1c(F)c(F)c(B(C(=C(c2ccccc2)c2ccccc2)c2c(F)c(F)c(F)c(F)c2F)c2c(F)c(F)c(F)c(F)c2F)c(F)c1F. The average molecular weight is 690 g/mol. The van der Waals surface area contributed by atoms with Gasteiger partial charge in [0.05, 0.1) is 0 Å². The second-order valence-corrected chi connectivity index (χ2v) is 9.87. The van der Waals surface area contributed by atoms with Gasteiger partial charge in [-0.3, -0.25) is 0 Å². The Kier molecular flexibility index (Phi) is 9.12. The number of hydrogen-bond donors (Lipinski definition) is 0. The van der Waals surface area contributed by atoms with E-state index in [2.05, 4.69) is 0 Å². The monoisotopic (exact) mass is 690 g/mol. The van der Waals surface area contributed by atoms with Gasteiger partial charge in [-0.05, 0) is 22.2 Å². The van der Waals surface area contributed by atoms with Crippen LogP contribution in [0.5, 0.6) is 0 Å². The van der Waals surface area contributed by atoms with Crippen molar-refractivity contribution in [2.24, 2.45) is 0 Å². The molecule has 0 radical (unpaired) electrons. The van der Waals surface area contributed by atoms with Crippen LogP contribution < -0.4 is 10.9 Å². The van der Waals surface area contributed by atoms with Crippen LogP contribution in [0.25, 0.3) is 11.0 Å². The molecule has 0 saturated carbocycles. The summed E-state index contributed by atoms with van der Waals surface area (Å²) in [4.78, 5) is 0. The average Bonchev–Trinajstić information content (AvgIpc) is 3.09. The third-order valence-corrected chi connectivity index (χ3v) is 7.23. The first-order valence-electron chi connectivity index (χ1n) is 13.0. The Morgan fingerprint density at radius 1 is 0.312 bits per heavy atom. The Morgan fingerprint density at radius 2 is 0.562 bits per heavy atom. The van der Waals surface area contributed by atoms with E-state index in [1.165, 1.54) is 36.4 Å². The zero-order valence-electron chi connectivity index (χ0n) is 23.0. The molecule has 5 aromatic carbocycles. The van der Waals surface area contributed by atoms with Gasteiger partial charge in [0.15, 0.2) is 81.4 Å². The van der Waals surface area contributed by atoms with Crippen LogP contribution >= 0.6 is 0 Å². The first-order valence-corrected chi connectivity index (χ1v) is 13.0. The van der Waals surface area contributed by atoms with Gasteiger partial charge in [0.1, 0.15) is 0 Å². The van der Waals surface area contributed by atoms with Crippen LogP contribution in [0, 0.1) is 87.3 Å². The number of benzene rings is 5. The highest BCUT2D eigenvalue weighted by Gasteiger charge is 2.45. The van der Waals surface area contributed by atoms with Crippen LogP contribution in [-0.2, 0) is 0 Å². The molecule has 0 fully saturated rings. The van der Waals surface area contributed by atoms with Crippen molar-refractivity contribution >= 4 is 28.7 Å². The van der Waals surface area contributed by atoms with Gasteiger partial charge in [-0.2, -0.15) is 0 Å². The Hall–Kier alpha value is -5.15. The predicted molar refractivity (Wildman–Crippen MR) is 143 cm³/mol. The summed E-state index contributed by atoms with van der Waals surface area (Å²) < 4.78 is 225. The quantitative estimate of drug-likeness (QED) is 0.0551. The Bertz CT molecular complexity index is 1930. The Balaban J connectivity index is 2.22. The highest BCUT2D eigenvalue weighted by Crippen LogP contribution is 2.39. The van der Waals surface area contributed by atoms with E-state index >= 15 is 26.3 Å². The molecule has 246 valence electrons. The molecule has 0 N–H and O–H groups in total. The van der Waals surface area contributed by atoms with Gasteiger partial charge in [0.2, 0.25) is 5.82 Å². The molecule has 0 aromatic heterocycles. The zero-order chi connectivity index (χ0) is 35.4. The van der Waals surface area contributed by atoms with E-state index < -0.39 is 133 Å². The van der Waals surface area contributed by atoms with Crippen molar-refractivity contribution < 1.29 is 65.9 Å². The fourth-order valence-electron chi connectivity index (χ4n) is 5.13. The molecule has 48 heavy (non-hydrogen) atoms. The van der Waals surface area contributed by atoms with E-state index in [4.69, 9.17) is 0 Å². The first kappa shape index (κ1) is 34.2. The topological polar surface area (TPSA) is 0 Å². The van der Waals surface area contributed by atoms with E-state index in [-0.39, 0.29) is 0 Å². The van der Waals surface area contributed by atoms with Gasteiger partial charge in [-0.15, -0.1) is 0 Å². The van der Waals surface area contributed by atoms with Crippen molar-refractivity contribution in [3.63, 3.8) is 0 Å². The molecule has 16 heteroatoms. The molecule has 0 spiro atoms. The van der Waals surface area contributed by atoms with Gasteiger partial charge in [-0.1, -0.05) is 60.7 Å². The molecule has 0 nitrogen and oxygen atoms in total. The third kappa shape index (κ3) is 5.28. The molecule has 0 amide bonds. The molecule has 5 aromatic rings. The molecule has 0 unspecified atom stereocenters. The van der Waals surface area contributed by atoms with Crippen LogP contribution in [0.2, 0.25) is 0 Å². The summed E-state index contributed by atoms with van der Waals surface area (Å²) in [5, 5.41) is 0. The highest BCUT2D eigenvalue weighted by atomic mass is 19.2. The van der Waals surface area contributed by atoms with Crippen molar-refractivity contribution in [3.05, 3.63) is 165 Å². The van der Waals surface area contributed by atoms with Crippen LogP contribution in [0.4, 0.5) is 65.9 Å².